The molecule has 0 spiro atoms. The molecule has 1 fully saturated rings. The van der Waals surface area contributed by atoms with Gasteiger partial charge in [-0.3, -0.25) is 9.59 Å². The number of amides is 2. The maximum absolute atomic E-state index is 12.7. The highest BCUT2D eigenvalue weighted by Crippen LogP contribution is 2.22. The van der Waals surface area contributed by atoms with Crippen LogP contribution < -0.4 is 9.80 Å². The van der Waals surface area contributed by atoms with Crippen LogP contribution in [0.1, 0.15) is 24.5 Å². The molecule has 5 heteroatoms. The van der Waals surface area contributed by atoms with E-state index in [0.717, 1.165) is 43.0 Å². The van der Waals surface area contributed by atoms with Crippen LogP contribution in [0.2, 0.25) is 0 Å². The molecule has 1 heterocycles. The summed E-state index contributed by atoms with van der Waals surface area (Å²) in [4.78, 5) is 30.9. The Hall–Kier alpha value is -2.82. The first-order chi connectivity index (χ1) is 13.5. The number of hydrogen-bond donors (Lipinski definition) is 0. The van der Waals surface area contributed by atoms with Crippen molar-refractivity contribution in [2.24, 2.45) is 0 Å². The maximum atomic E-state index is 12.7. The van der Waals surface area contributed by atoms with E-state index in [9.17, 15) is 9.59 Å². The second-order valence-corrected chi connectivity index (χ2v) is 7.41. The molecule has 0 unspecified atom stereocenters. The molecule has 3 rings (SSSR count). The van der Waals surface area contributed by atoms with Gasteiger partial charge >= 0.3 is 0 Å². The fourth-order valence-corrected chi connectivity index (χ4v) is 3.68. The van der Waals surface area contributed by atoms with Gasteiger partial charge in [-0.25, -0.2) is 0 Å². The molecule has 0 atom stereocenters. The van der Waals surface area contributed by atoms with Crippen LogP contribution in [-0.4, -0.2) is 49.4 Å². The van der Waals surface area contributed by atoms with Crippen LogP contribution in [0.3, 0.4) is 0 Å². The smallest absolute Gasteiger partial charge is 0.224 e. The normalized spacial score (nSPS) is 14.1. The van der Waals surface area contributed by atoms with Crippen molar-refractivity contribution in [2.75, 3.05) is 42.5 Å². The summed E-state index contributed by atoms with van der Waals surface area (Å²) in [5.74, 6) is 0.0830. The summed E-state index contributed by atoms with van der Waals surface area (Å²) < 4.78 is 0. The number of nitrogens with zero attached hydrogens (tertiary/aromatic N) is 3. The lowest BCUT2D eigenvalue weighted by Crippen LogP contribution is -2.49. The largest absolute Gasteiger partial charge is 0.368 e. The highest BCUT2D eigenvalue weighted by Gasteiger charge is 2.23. The molecule has 0 saturated carbocycles. The Morgan fingerprint density at radius 1 is 0.964 bits per heavy atom. The second kappa shape index (κ2) is 8.91. The van der Waals surface area contributed by atoms with Gasteiger partial charge in [0, 0.05) is 57.4 Å². The fourth-order valence-electron chi connectivity index (χ4n) is 3.68. The zero-order valence-electron chi connectivity index (χ0n) is 17.0. The summed E-state index contributed by atoms with van der Waals surface area (Å²) in [7, 11) is 0. The minimum atomic E-state index is -0.0320. The number of rotatable bonds is 5. The second-order valence-electron chi connectivity index (χ2n) is 7.41. The molecular formula is C23H29N3O2. The monoisotopic (exact) mass is 379 g/mol. The first-order valence-electron chi connectivity index (χ1n) is 9.89. The van der Waals surface area contributed by atoms with Crippen LogP contribution in [0.25, 0.3) is 0 Å². The Bertz CT molecular complexity index is 827. The average Bonchev–Trinajstić information content (AvgIpc) is 2.71. The molecule has 0 N–H and O–H groups in total. The zero-order chi connectivity index (χ0) is 20.1. The van der Waals surface area contributed by atoms with Crippen molar-refractivity contribution < 1.29 is 9.59 Å². The first kappa shape index (κ1) is 19.9. The highest BCUT2D eigenvalue weighted by molar-refractivity contribution is 5.93. The van der Waals surface area contributed by atoms with E-state index in [4.69, 9.17) is 0 Å². The van der Waals surface area contributed by atoms with Gasteiger partial charge < -0.3 is 14.7 Å². The number of carbonyl (C=O) groups is 2. The summed E-state index contributed by atoms with van der Waals surface area (Å²) >= 11 is 0. The average molecular weight is 380 g/mol. The predicted octanol–water partition coefficient (Wildman–Crippen LogP) is 3.40. The van der Waals surface area contributed by atoms with Crippen LogP contribution in [0.5, 0.6) is 0 Å². The number of piperazine rings is 1. The summed E-state index contributed by atoms with van der Waals surface area (Å²) in [5, 5.41) is 0. The molecule has 0 aromatic heterocycles. The van der Waals surface area contributed by atoms with Crippen LogP contribution in [0.15, 0.2) is 48.5 Å². The third-order valence-corrected chi connectivity index (χ3v) is 5.34. The van der Waals surface area contributed by atoms with E-state index in [1.165, 1.54) is 5.69 Å². The van der Waals surface area contributed by atoms with Crippen molar-refractivity contribution >= 4 is 23.2 Å². The zero-order valence-corrected chi connectivity index (χ0v) is 17.0. The van der Waals surface area contributed by atoms with Crippen LogP contribution in [0, 0.1) is 13.8 Å². The van der Waals surface area contributed by atoms with Crippen molar-refractivity contribution in [3.05, 3.63) is 59.7 Å². The van der Waals surface area contributed by atoms with Crippen molar-refractivity contribution in [3.8, 4) is 0 Å². The number of anilines is 2. The summed E-state index contributed by atoms with van der Waals surface area (Å²) in [6, 6.07) is 16.4. The lowest BCUT2D eigenvalue weighted by atomic mass is 10.1. The van der Waals surface area contributed by atoms with Crippen LogP contribution in [-0.2, 0) is 9.59 Å². The van der Waals surface area contributed by atoms with Gasteiger partial charge in [0.25, 0.3) is 0 Å². The Labute approximate surface area is 167 Å². The highest BCUT2D eigenvalue weighted by atomic mass is 16.2. The molecule has 2 aromatic carbocycles. The van der Waals surface area contributed by atoms with Crippen molar-refractivity contribution in [2.45, 2.75) is 27.2 Å². The van der Waals surface area contributed by atoms with Gasteiger partial charge in [-0.2, -0.15) is 0 Å². The van der Waals surface area contributed by atoms with Crippen LogP contribution in [0.4, 0.5) is 11.4 Å². The van der Waals surface area contributed by atoms with Crippen LogP contribution >= 0.6 is 0 Å². The summed E-state index contributed by atoms with van der Waals surface area (Å²) in [6.07, 6.45) is 0.346. The molecule has 1 aliphatic heterocycles. The molecule has 1 aliphatic rings. The van der Waals surface area contributed by atoms with Gasteiger partial charge in [-0.05, 0) is 43.2 Å². The van der Waals surface area contributed by atoms with E-state index >= 15 is 0 Å². The number of benzene rings is 2. The maximum Gasteiger partial charge on any atom is 0.224 e. The lowest BCUT2D eigenvalue weighted by Gasteiger charge is -2.36. The number of carbonyl (C=O) groups excluding carboxylic acids is 2. The SMILES string of the molecule is CC(=O)N(CCC(=O)N1CCN(c2ccccc2)CC1)c1cc(C)ccc1C. The Balaban J connectivity index is 1.57. The van der Waals surface area contributed by atoms with E-state index in [0.29, 0.717) is 13.0 Å². The third-order valence-electron chi connectivity index (χ3n) is 5.34. The molecular weight excluding hydrogens is 350 g/mol. The van der Waals surface area contributed by atoms with E-state index < -0.39 is 0 Å². The third kappa shape index (κ3) is 4.71. The molecule has 148 valence electrons. The fraction of sp³-hybridized carbons (Fsp3) is 0.391. The lowest BCUT2D eigenvalue weighted by molar-refractivity contribution is -0.131. The van der Waals surface area contributed by atoms with Crippen molar-refractivity contribution in [1.29, 1.82) is 0 Å². The number of aryl methyl sites for hydroxylation is 2. The van der Waals surface area contributed by atoms with E-state index in [1.54, 1.807) is 11.8 Å². The van der Waals surface area contributed by atoms with Gasteiger partial charge in [-0.15, -0.1) is 0 Å². The summed E-state index contributed by atoms with van der Waals surface area (Å²) in [6.45, 7) is 9.09. The summed E-state index contributed by atoms with van der Waals surface area (Å²) in [5.41, 5.74) is 4.25. The molecule has 1 saturated heterocycles. The van der Waals surface area contributed by atoms with E-state index in [1.807, 2.05) is 55.1 Å². The van der Waals surface area contributed by atoms with Gasteiger partial charge in [0.2, 0.25) is 11.8 Å². The topological polar surface area (TPSA) is 43.9 Å². The minimum absolute atomic E-state index is 0.0320. The van der Waals surface area contributed by atoms with Crippen molar-refractivity contribution in [1.82, 2.24) is 4.90 Å². The molecule has 0 aliphatic carbocycles. The first-order valence-corrected chi connectivity index (χ1v) is 9.89. The Morgan fingerprint density at radius 2 is 1.64 bits per heavy atom. The number of para-hydroxylation sites is 1. The standard InChI is InChI=1S/C23H29N3O2/c1-18-9-10-19(2)22(17-18)26(20(3)27)12-11-23(28)25-15-13-24(14-16-25)21-7-5-4-6-8-21/h4-10,17H,11-16H2,1-3H3. The van der Waals surface area contributed by atoms with Gasteiger partial charge in [0.15, 0.2) is 0 Å². The van der Waals surface area contributed by atoms with Gasteiger partial charge in [0.1, 0.15) is 0 Å². The van der Waals surface area contributed by atoms with E-state index in [-0.39, 0.29) is 11.8 Å². The van der Waals surface area contributed by atoms with E-state index in [2.05, 4.69) is 17.0 Å². The number of hydrogen-bond acceptors (Lipinski definition) is 3. The van der Waals surface area contributed by atoms with Gasteiger partial charge in [-0.1, -0.05) is 30.3 Å². The predicted molar refractivity (Wildman–Crippen MR) is 114 cm³/mol. The quantitative estimate of drug-likeness (QED) is 0.800. The molecule has 0 bridgehead atoms. The molecule has 5 nitrogen and oxygen atoms in total. The van der Waals surface area contributed by atoms with Gasteiger partial charge in [0.05, 0.1) is 0 Å². The molecule has 2 aromatic rings. The molecule has 28 heavy (non-hydrogen) atoms. The Morgan fingerprint density at radius 3 is 2.29 bits per heavy atom. The Kier molecular flexibility index (Phi) is 6.34. The minimum Gasteiger partial charge on any atom is -0.368 e. The molecule has 0 radical (unpaired) electrons. The van der Waals surface area contributed by atoms with Crippen molar-refractivity contribution in [3.63, 3.8) is 0 Å². The molecule has 2 amide bonds.